The van der Waals surface area contributed by atoms with Gasteiger partial charge in [0.25, 0.3) is 0 Å². The van der Waals surface area contributed by atoms with E-state index in [4.69, 9.17) is 0 Å². The molecule has 1 heterocycles. The third-order valence-electron chi connectivity index (χ3n) is 2.52. The molecule has 0 bridgehead atoms. The molecule has 0 aliphatic carbocycles. The topological polar surface area (TPSA) is 52.0 Å². The van der Waals surface area contributed by atoms with Crippen molar-refractivity contribution < 1.29 is 14.0 Å². The molecule has 0 atom stereocenters. The van der Waals surface area contributed by atoms with Gasteiger partial charge in [0.2, 0.25) is 0 Å². The van der Waals surface area contributed by atoms with Crippen LogP contribution in [0.1, 0.15) is 27.1 Å². The Morgan fingerprint density at radius 3 is 2.61 bits per heavy atom. The lowest BCUT2D eigenvalue weighted by Gasteiger charge is -2.00. The van der Waals surface area contributed by atoms with Gasteiger partial charge in [0.15, 0.2) is 11.6 Å². The first-order valence-corrected chi connectivity index (χ1v) is 5.37. The Morgan fingerprint density at radius 1 is 1.28 bits per heavy atom. The standard InChI is InChI=1S/C13H11FN2O2/c1-16-8-9(7-15-16)12(17)6-13(18)10-4-2-3-5-11(10)14/h2-5,7-8H,6H2,1H3. The monoisotopic (exact) mass is 246 g/mol. The minimum atomic E-state index is -0.610. The van der Waals surface area contributed by atoms with Crippen molar-refractivity contribution in [3.8, 4) is 0 Å². The van der Waals surface area contributed by atoms with Crippen molar-refractivity contribution in [1.82, 2.24) is 9.78 Å². The Balaban J connectivity index is 2.13. The molecule has 0 radical (unpaired) electrons. The first-order chi connectivity index (χ1) is 8.58. The predicted octanol–water partition coefficient (Wildman–Crippen LogP) is 2.01. The van der Waals surface area contributed by atoms with E-state index in [1.54, 1.807) is 13.1 Å². The third-order valence-corrected chi connectivity index (χ3v) is 2.52. The van der Waals surface area contributed by atoms with E-state index in [9.17, 15) is 14.0 Å². The van der Waals surface area contributed by atoms with Gasteiger partial charge in [-0.3, -0.25) is 14.3 Å². The molecule has 0 saturated carbocycles. The summed E-state index contributed by atoms with van der Waals surface area (Å²) in [7, 11) is 1.68. The molecule has 0 aliphatic heterocycles. The van der Waals surface area contributed by atoms with Gasteiger partial charge in [-0.15, -0.1) is 0 Å². The van der Waals surface area contributed by atoms with Gasteiger partial charge in [0.1, 0.15) is 5.82 Å². The summed E-state index contributed by atoms with van der Waals surface area (Å²) in [6, 6.07) is 5.62. The number of Topliss-reactive ketones (excluding diaryl/α,β-unsaturated/α-hetero) is 2. The van der Waals surface area contributed by atoms with E-state index < -0.39 is 11.6 Å². The molecule has 0 N–H and O–H groups in total. The second-order valence-electron chi connectivity index (χ2n) is 3.91. The van der Waals surface area contributed by atoms with Crippen LogP contribution in [0.15, 0.2) is 36.7 Å². The lowest BCUT2D eigenvalue weighted by Crippen LogP contribution is -2.09. The number of carbonyl (C=O) groups excluding carboxylic acids is 2. The zero-order chi connectivity index (χ0) is 13.1. The summed E-state index contributed by atoms with van der Waals surface area (Å²) in [6.45, 7) is 0. The number of aromatic nitrogens is 2. The Hall–Kier alpha value is -2.30. The molecule has 5 heteroatoms. The minimum Gasteiger partial charge on any atom is -0.294 e. The highest BCUT2D eigenvalue weighted by Gasteiger charge is 2.17. The van der Waals surface area contributed by atoms with Crippen molar-refractivity contribution in [2.45, 2.75) is 6.42 Å². The molecule has 0 saturated heterocycles. The molecular formula is C13H11FN2O2. The zero-order valence-corrected chi connectivity index (χ0v) is 9.76. The van der Waals surface area contributed by atoms with Gasteiger partial charge in [-0.1, -0.05) is 12.1 Å². The van der Waals surface area contributed by atoms with Crippen LogP contribution in [0.2, 0.25) is 0 Å². The van der Waals surface area contributed by atoms with E-state index in [1.165, 1.54) is 35.3 Å². The normalized spacial score (nSPS) is 10.3. The number of hydrogen-bond donors (Lipinski definition) is 0. The van der Waals surface area contributed by atoms with Crippen LogP contribution in [0.3, 0.4) is 0 Å². The van der Waals surface area contributed by atoms with Gasteiger partial charge in [-0.25, -0.2) is 4.39 Å². The molecule has 2 aromatic rings. The summed E-state index contributed by atoms with van der Waals surface area (Å²) in [4.78, 5) is 23.5. The number of carbonyl (C=O) groups is 2. The van der Waals surface area contributed by atoms with Gasteiger partial charge in [-0.05, 0) is 12.1 Å². The number of rotatable bonds is 4. The molecule has 2 rings (SSSR count). The second-order valence-corrected chi connectivity index (χ2v) is 3.91. The lowest BCUT2D eigenvalue weighted by molar-refractivity contribution is 0.0892. The van der Waals surface area contributed by atoms with Gasteiger partial charge in [0.05, 0.1) is 23.7 Å². The van der Waals surface area contributed by atoms with Crippen molar-refractivity contribution >= 4 is 11.6 Å². The van der Waals surface area contributed by atoms with Crippen LogP contribution in [0.5, 0.6) is 0 Å². The van der Waals surface area contributed by atoms with Crippen LogP contribution in [0, 0.1) is 5.82 Å². The van der Waals surface area contributed by atoms with Crippen LogP contribution < -0.4 is 0 Å². The van der Waals surface area contributed by atoms with E-state index in [1.807, 2.05) is 0 Å². The molecule has 1 aromatic carbocycles. The van der Waals surface area contributed by atoms with E-state index in [0.29, 0.717) is 5.56 Å². The van der Waals surface area contributed by atoms with Crippen LogP contribution in [0.25, 0.3) is 0 Å². The Morgan fingerprint density at radius 2 is 2.00 bits per heavy atom. The number of aryl methyl sites for hydroxylation is 1. The number of ketones is 2. The molecule has 0 fully saturated rings. The summed E-state index contributed by atoms with van der Waals surface area (Å²) in [5.41, 5.74) is 0.289. The molecule has 92 valence electrons. The fraction of sp³-hybridized carbons (Fsp3) is 0.154. The third kappa shape index (κ3) is 2.51. The number of halogens is 1. The van der Waals surface area contributed by atoms with Crippen LogP contribution in [0.4, 0.5) is 4.39 Å². The van der Waals surface area contributed by atoms with Gasteiger partial charge >= 0.3 is 0 Å². The number of benzene rings is 1. The van der Waals surface area contributed by atoms with Gasteiger partial charge in [-0.2, -0.15) is 5.10 Å². The fourth-order valence-electron chi connectivity index (χ4n) is 1.60. The van der Waals surface area contributed by atoms with Crippen molar-refractivity contribution in [3.63, 3.8) is 0 Å². The summed E-state index contributed by atoms with van der Waals surface area (Å²) in [5, 5.41) is 3.85. The highest BCUT2D eigenvalue weighted by molar-refractivity contribution is 6.13. The Labute approximate surface area is 103 Å². The quantitative estimate of drug-likeness (QED) is 0.612. The predicted molar refractivity (Wildman–Crippen MR) is 62.9 cm³/mol. The van der Waals surface area contributed by atoms with E-state index in [2.05, 4.69) is 5.10 Å². The van der Waals surface area contributed by atoms with Crippen molar-refractivity contribution in [2.24, 2.45) is 7.05 Å². The molecule has 0 aliphatic rings. The maximum Gasteiger partial charge on any atom is 0.173 e. The molecule has 18 heavy (non-hydrogen) atoms. The lowest BCUT2D eigenvalue weighted by atomic mass is 10.0. The fourth-order valence-corrected chi connectivity index (χ4v) is 1.60. The summed E-state index contributed by atoms with van der Waals surface area (Å²) in [5.74, 6) is -1.50. The minimum absolute atomic E-state index is 0.0604. The first-order valence-electron chi connectivity index (χ1n) is 5.37. The smallest absolute Gasteiger partial charge is 0.173 e. The van der Waals surface area contributed by atoms with Crippen molar-refractivity contribution in [2.75, 3.05) is 0 Å². The summed E-state index contributed by atoms with van der Waals surface area (Å²) >= 11 is 0. The SMILES string of the molecule is Cn1cc(C(=O)CC(=O)c2ccccc2F)cn1. The average Bonchev–Trinajstić information content (AvgIpc) is 2.76. The highest BCUT2D eigenvalue weighted by Crippen LogP contribution is 2.11. The number of nitrogens with zero attached hydrogens (tertiary/aromatic N) is 2. The largest absolute Gasteiger partial charge is 0.294 e. The van der Waals surface area contributed by atoms with E-state index in [-0.39, 0.29) is 17.8 Å². The first kappa shape index (κ1) is 12.2. The summed E-state index contributed by atoms with van der Waals surface area (Å²) in [6.07, 6.45) is 2.56. The zero-order valence-electron chi connectivity index (χ0n) is 9.76. The van der Waals surface area contributed by atoms with E-state index in [0.717, 1.165) is 0 Å². The molecule has 0 spiro atoms. The summed E-state index contributed by atoms with van der Waals surface area (Å²) < 4.78 is 14.8. The van der Waals surface area contributed by atoms with E-state index >= 15 is 0 Å². The van der Waals surface area contributed by atoms with Gasteiger partial charge in [0, 0.05) is 13.2 Å². The maximum absolute atomic E-state index is 13.3. The number of hydrogen-bond acceptors (Lipinski definition) is 3. The molecule has 0 unspecified atom stereocenters. The second kappa shape index (κ2) is 4.91. The Kier molecular flexibility index (Phi) is 3.32. The Bertz CT molecular complexity index is 605. The maximum atomic E-state index is 13.3. The average molecular weight is 246 g/mol. The molecule has 0 amide bonds. The van der Waals surface area contributed by atoms with Crippen LogP contribution in [-0.4, -0.2) is 21.3 Å². The molecule has 1 aromatic heterocycles. The van der Waals surface area contributed by atoms with Crippen LogP contribution in [-0.2, 0) is 7.05 Å². The molecular weight excluding hydrogens is 235 g/mol. The van der Waals surface area contributed by atoms with Crippen molar-refractivity contribution in [1.29, 1.82) is 0 Å². The molecule has 4 nitrogen and oxygen atoms in total. The van der Waals surface area contributed by atoms with Crippen molar-refractivity contribution in [3.05, 3.63) is 53.6 Å². The highest BCUT2D eigenvalue weighted by atomic mass is 19.1. The van der Waals surface area contributed by atoms with Crippen LogP contribution >= 0.6 is 0 Å². The van der Waals surface area contributed by atoms with Gasteiger partial charge < -0.3 is 0 Å².